The number of H-pyrrole nitrogens is 1. The van der Waals surface area contributed by atoms with Gasteiger partial charge in [-0.1, -0.05) is 11.6 Å². The van der Waals surface area contributed by atoms with Crippen molar-refractivity contribution in [3.63, 3.8) is 0 Å². The number of rotatable bonds is 2. The van der Waals surface area contributed by atoms with E-state index >= 15 is 0 Å². The first-order valence-electron chi connectivity index (χ1n) is 8.63. The minimum absolute atomic E-state index is 0.485. The molecule has 2 aliphatic rings. The predicted molar refractivity (Wildman–Crippen MR) is 97.7 cm³/mol. The molecule has 5 rings (SSSR count). The highest BCUT2D eigenvalue weighted by atomic mass is 35.5. The van der Waals surface area contributed by atoms with Crippen LogP contribution in [0, 0.1) is 11.8 Å². The molecule has 3 heterocycles. The van der Waals surface area contributed by atoms with E-state index < -0.39 is 5.60 Å². The molecule has 2 N–H and O–H groups in total. The Balaban J connectivity index is 1.44. The molecular weight excluding hydrogens is 336 g/mol. The third-order valence-corrected chi connectivity index (χ3v) is 6.05. The van der Waals surface area contributed by atoms with E-state index in [2.05, 4.69) is 32.2 Å². The van der Waals surface area contributed by atoms with Crippen molar-refractivity contribution in [2.75, 3.05) is 18.0 Å². The molecule has 5 nitrogen and oxygen atoms in total. The summed E-state index contributed by atoms with van der Waals surface area (Å²) < 4.78 is 0. The predicted octanol–water partition coefficient (Wildman–Crippen LogP) is 3.35. The summed E-state index contributed by atoms with van der Waals surface area (Å²) in [5.41, 5.74) is 2.18. The molecule has 0 unspecified atom stereocenters. The fourth-order valence-electron chi connectivity index (χ4n) is 4.74. The Kier molecular flexibility index (Phi) is 3.30. The normalized spacial score (nSPS) is 24.8. The van der Waals surface area contributed by atoms with Crippen LogP contribution in [0.25, 0.3) is 10.9 Å². The first kappa shape index (κ1) is 15.2. The van der Waals surface area contributed by atoms with Crippen LogP contribution in [0.4, 0.5) is 5.69 Å². The highest BCUT2D eigenvalue weighted by Gasteiger charge is 2.49. The Hall–Kier alpha value is -2.11. The van der Waals surface area contributed by atoms with E-state index in [9.17, 15) is 5.11 Å². The second-order valence-corrected chi connectivity index (χ2v) is 7.79. The fraction of sp³-hybridized carbons (Fsp3) is 0.368. The summed E-state index contributed by atoms with van der Waals surface area (Å²) in [5.74, 6) is 0.971. The summed E-state index contributed by atoms with van der Waals surface area (Å²) >= 11 is 6.27. The molecular formula is C19H19ClN4O. The topological polar surface area (TPSA) is 65.0 Å². The van der Waals surface area contributed by atoms with Gasteiger partial charge in [-0.3, -0.25) is 10.1 Å². The zero-order chi connectivity index (χ0) is 17.0. The van der Waals surface area contributed by atoms with Crippen LogP contribution < -0.4 is 4.90 Å². The molecule has 1 saturated heterocycles. The van der Waals surface area contributed by atoms with Crippen molar-refractivity contribution >= 4 is 28.2 Å². The number of pyridine rings is 1. The van der Waals surface area contributed by atoms with Gasteiger partial charge in [0.25, 0.3) is 0 Å². The zero-order valence-electron chi connectivity index (χ0n) is 13.7. The molecule has 1 aliphatic carbocycles. The molecule has 0 bridgehead atoms. The summed E-state index contributed by atoms with van der Waals surface area (Å²) in [4.78, 5) is 6.50. The number of anilines is 1. The fourth-order valence-corrected chi connectivity index (χ4v) is 4.96. The Labute approximate surface area is 150 Å². The Bertz CT molecular complexity index is 912. The first-order valence-corrected chi connectivity index (χ1v) is 9.01. The summed E-state index contributed by atoms with van der Waals surface area (Å²) in [5, 5.41) is 20.1. The number of nitrogens with zero attached hydrogens (tertiary/aromatic N) is 3. The van der Waals surface area contributed by atoms with Gasteiger partial charge >= 0.3 is 0 Å². The molecule has 2 atom stereocenters. The maximum absolute atomic E-state index is 11.4. The van der Waals surface area contributed by atoms with E-state index in [0.29, 0.717) is 16.9 Å². The van der Waals surface area contributed by atoms with E-state index in [1.807, 2.05) is 24.5 Å². The molecule has 3 aromatic rings. The minimum Gasteiger partial charge on any atom is -0.385 e. The molecule has 128 valence electrons. The van der Waals surface area contributed by atoms with E-state index in [0.717, 1.165) is 42.4 Å². The monoisotopic (exact) mass is 354 g/mol. The molecule has 0 spiro atoms. The van der Waals surface area contributed by atoms with E-state index in [1.54, 1.807) is 6.20 Å². The molecule has 1 saturated carbocycles. The van der Waals surface area contributed by atoms with E-state index in [4.69, 9.17) is 11.6 Å². The number of nitrogens with one attached hydrogen (secondary N) is 1. The second-order valence-electron chi connectivity index (χ2n) is 7.35. The van der Waals surface area contributed by atoms with Gasteiger partial charge in [-0.15, -0.1) is 0 Å². The first-order chi connectivity index (χ1) is 12.1. The highest BCUT2D eigenvalue weighted by Crippen LogP contribution is 2.51. The van der Waals surface area contributed by atoms with Gasteiger partial charge in [0.1, 0.15) is 0 Å². The van der Waals surface area contributed by atoms with Crippen LogP contribution in [-0.2, 0) is 5.60 Å². The number of halogens is 1. The highest BCUT2D eigenvalue weighted by molar-refractivity contribution is 6.31. The third-order valence-electron chi connectivity index (χ3n) is 5.83. The van der Waals surface area contributed by atoms with E-state index in [1.165, 1.54) is 5.69 Å². The third kappa shape index (κ3) is 2.41. The second kappa shape index (κ2) is 5.44. The van der Waals surface area contributed by atoms with Crippen molar-refractivity contribution in [3.8, 4) is 0 Å². The number of hydrogen-bond donors (Lipinski definition) is 2. The SMILES string of the molecule is OC1(c2cc(Cl)cc3[nH]ncc23)C[C@H]2CN(c3ccncc3)C[C@@H]2C1. The Morgan fingerprint density at radius 3 is 2.60 bits per heavy atom. The number of aromatic nitrogens is 3. The van der Waals surface area contributed by atoms with Gasteiger partial charge < -0.3 is 10.0 Å². The lowest BCUT2D eigenvalue weighted by Crippen LogP contribution is -2.28. The molecule has 6 heteroatoms. The van der Waals surface area contributed by atoms with Crippen LogP contribution in [0.1, 0.15) is 18.4 Å². The van der Waals surface area contributed by atoms with Gasteiger partial charge in [-0.25, -0.2) is 0 Å². The minimum atomic E-state index is -0.827. The average Bonchev–Trinajstić information content (AvgIpc) is 3.28. The van der Waals surface area contributed by atoms with Gasteiger partial charge in [0.2, 0.25) is 0 Å². The maximum Gasteiger partial charge on any atom is 0.0911 e. The van der Waals surface area contributed by atoms with Crippen LogP contribution in [0.5, 0.6) is 0 Å². The average molecular weight is 355 g/mol. The van der Waals surface area contributed by atoms with Crippen LogP contribution >= 0.6 is 11.6 Å². The molecule has 1 aromatic carbocycles. The summed E-state index contributed by atoms with van der Waals surface area (Å²) in [6.07, 6.45) is 6.98. The Morgan fingerprint density at radius 2 is 1.88 bits per heavy atom. The smallest absolute Gasteiger partial charge is 0.0911 e. The van der Waals surface area contributed by atoms with Crippen LogP contribution in [0.2, 0.25) is 5.02 Å². The number of benzene rings is 1. The van der Waals surface area contributed by atoms with Gasteiger partial charge in [0.05, 0.1) is 17.3 Å². The van der Waals surface area contributed by atoms with Gasteiger partial charge in [0.15, 0.2) is 0 Å². The number of hydrogen-bond acceptors (Lipinski definition) is 4. The molecule has 2 aromatic heterocycles. The standard InChI is InChI=1S/C19H19ClN4O/c20-14-5-17(16-9-22-23-18(16)6-14)19(25)7-12-10-24(11-13(12)8-19)15-1-3-21-4-2-15/h1-6,9,12-13,25H,7-8,10-11H2,(H,22,23)/t12-,13-/m0/s1. The number of aliphatic hydroxyl groups is 1. The zero-order valence-corrected chi connectivity index (χ0v) is 14.4. The van der Waals surface area contributed by atoms with Crippen LogP contribution in [0.3, 0.4) is 0 Å². The van der Waals surface area contributed by atoms with Crippen molar-refractivity contribution in [3.05, 3.63) is 53.4 Å². The van der Waals surface area contributed by atoms with Gasteiger partial charge in [-0.05, 0) is 54.5 Å². The van der Waals surface area contributed by atoms with Gasteiger partial charge in [-0.2, -0.15) is 5.10 Å². The van der Waals surface area contributed by atoms with Crippen molar-refractivity contribution in [2.45, 2.75) is 18.4 Å². The van der Waals surface area contributed by atoms with Gasteiger partial charge in [0, 0.05) is 41.6 Å². The number of aromatic amines is 1. The lowest BCUT2D eigenvalue weighted by molar-refractivity contribution is 0.0381. The molecule has 1 aliphatic heterocycles. The molecule has 0 amide bonds. The van der Waals surface area contributed by atoms with Crippen molar-refractivity contribution in [1.29, 1.82) is 0 Å². The van der Waals surface area contributed by atoms with Crippen molar-refractivity contribution in [2.24, 2.45) is 11.8 Å². The summed E-state index contributed by atoms with van der Waals surface area (Å²) in [6.45, 7) is 1.96. The quantitative estimate of drug-likeness (QED) is 0.740. The molecule has 25 heavy (non-hydrogen) atoms. The number of fused-ring (bicyclic) bond motifs is 2. The van der Waals surface area contributed by atoms with Crippen molar-refractivity contribution in [1.82, 2.24) is 15.2 Å². The van der Waals surface area contributed by atoms with Crippen molar-refractivity contribution < 1.29 is 5.11 Å². The lowest BCUT2D eigenvalue weighted by atomic mass is 9.88. The molecule has 0 radical (unpaired) electrons. The summed E-state index contributed by atoms with van der Waals surface area (Å²) in [7, 11) is 0. The summed E-state index contributed by atoms with van der Waals surface area (Å²) in [6, 6.07) is 7.87. The molecule has 2 fully saturated rings. The van der Waals surface area contributed by atoms with Crippen LogP contribution in [-0.4, -0.2) is 33.4 Å². The maximum atomic E-state index is 11.4. The largest absolute Gasteiger partial charge is 0.385 e. The van der Waals surface area contributed by atoms with E-state index in [-0.39, 0.29) is 0 Å². The van der Waals surface area contributed by atoms with Crippen LogP contribution in [0.15, 0.2) is 42.9 Å². The lowest BCUT2D eigenvalue weighted by Gasteiger charge is -2.28. The Morgan fingerprint density at radius 1 is 1.16 bits per heavy atom.